The molecule has 7 nitrogen and oxygen atoms in total. The molecule has 7 heteroatoms. The zero-order valence-corrected chi connectivity index (χ0v) is 15.8. The zero-order chi connectivity index (χ0) is 18.9. The smallest absolute Gasteiger partial charge is 0.180 e. The van der Waals surface area contributed by atoms with E-state index in [0.717, 1.165) is 41.5 Å². The second kappa shape index (κ2) is 7.09. The zero-order valence-electron chi connectivity index (χ0n) is 15.8. The maximum absolute atomic E-state index is 4.58. The van der Waals surface area contributed by atoms with Crippen molar-refractivity contribution < 1.29 is 0 Å². The minimum Gasteiger partial charge on any atom is -0.337 e. The fraction of sp³-hybridized carbons (Fsp3) is 0.286. The number of nitrogens with one attached hydrogen (secondary N) is 2. The molecule has 3 aromatic heterocycles. The van der Waals surface area contributed by atoms with E-state index in [0.29, 0.717) is 5.92 Å². The maximum Gasteiger partial charge on any atom is 0.180 e. The van der Waals surface area contributed by atoms with E-state index in [1.54, 1.807) is 10.9 Å². The first-order valence-electron chi connectivity index (χ1n) is 9.67. The van der Waals surface area contributed by atoms with E-state index in [-0.39, 0.29) is 0 Å². The summed E-state index contributed by atoms with van der Waals surface area (Å²) >= 11 is 0. The van der Waals surface area contributed by atoms with Crippen LogP contribution in [0.4, 0.5) is 11.5 Å². The number of piperidine rings is 1. The monoisotopic (exact) mass is 373 g/mol. The Morgan fingerprint density at radius 3 is 2.79 bits per heavy atom. The summed E-state index contributed by atoms with van der Waals surface area (Å²) in [7, 11) is 1.91. The second-order valence-corrected chi connectivity index (χ2v) is 7.31. The molecular formula is C21H23N7. The Morgan fingerprint density at radius 2 is 2.04 bits per heavy atom. The Hall–Kier alpha value is -3.19. The van der Waals surface area contributed by atoms with Crippen LogP contribution in [0.5, 0.6) is 0 Å². The molecule has 2 N–H and O–H groups in total. The van der Waals surface area contributed by atoms with E-state index >= 15 is 0 Å². The van der Waals surface area contributed by atoms with E-state index < -0.39 is 0 Å². The first-order valence-corrected chi connectivity index (χ1v) is 9.67. The molecule has 1 fully saturated rings. The normalized spacial score (nSPS) is 17.1. The molecule has 0 saturated carbocycles. The van der Waals surface area contributed by atoms with Gasteiger partial charge in [-0.3, -0.25) is 9.08 Å². The van der Waals surface area contributed by atoms with Gasteiger partial charge in [-0.05, 0) is 43.0 Å². The number of rotatable bonds is 4. The summed E-state index contributed by atoms with van der Waals surface area (Å²) in [5.74, 6) is 1.35. The van der Waals surface area contributed by atoms with Gasteiger partial charge in [0.05, 0.1) is 18.1 Å². The van der Waals surface area contributed by atoms with Gasteiger partial charge in [0.1, 0.15) is 0 Å². The van der Waals surface area contributed by atoms with Gasteiger partial charge in [0, 0.05) is 43.4 Å². The van der Waals surface area contributed by atoms with Gasteiger partial charge >= 0.3 is 0 Å². The molecule has 0 spiro atoms. The second-order valence-electron chi connectivity index (χ2n) is 7.31. The van der Waals surface area contributed by atoms with Gasteiger partial charge in [-0.15, -0.1) is 0 Å². The van der Waals surface area contributed by atoms with Crippen LogP contribution in [0.2, 0.25) is 0 Å². The lowest BCUT2D eigenvalue weighted by Crippen LogP contribution is -2.28. The molecule has 1 aliphatic heterocycles. The van der Waals surface area contributed by atoms with Gasteiger partial charge in [0.15, 0.2) is 11.5 Å². The fourth-order valence-corrected chi connectivity index (χ4v) is 3.89. The summed E-state index contributed by atoms with van der Waals surface area (Å²) in [6.07, 6.45) is 11.9. The lowest BCUT2D eigenvalue weighted by molar-refractivity contribution is 0.461. The number of hydrogen-bond acceptors (Lipinski definition) is 5. The number of aryl methyl sites for hydroxylation is 1. The van der Waals surface area contributed by atoms with Crippen LogP contribution in [0.15, 0.2) is 55.2 Å². The predicted octanol–water partition coefficient (Wildman–Crippen LogP) is 3.34. The molecule has 28 heavy (non-hydrogen) atoms. The highest BCUT2D eigenvalue weighted by Gasteiger charge is 2.15. The van der Waals surface area contributed by atoms with Crippen molar-refractivity contribution in [1.29, 1.82) is 0 Å². The summed E-state index contributed by atoms with van der Waals surface area (Å²) in [5.41, 5.74) is 5.22. The number of benzene rings is 1. The number of nitrogens with zero attached hydrogens (tertiary/aromatic N) is 5. The number of anilines is 2. The molecule has 1 aromatic carbocycles. The Labute approximate surface area is 163 Å². The Bertz CT molecular complexity index is 1090. The molecule has 0 bridgehead atoms. The highest BCUT2D eigenvalue weighted by Crippen LogP contribution is 2.27. The number of imidazole rings is 1. The first kappa shape index (κ1) is 16.9. The quantitative estimate of drug-likeness (QED) is 0.574. The molecule has 1 unspecified atom stereocenters. The molecule has 1 aliphatic rings. The average Bonchev–Trinajstić information content (AvgIpc) is 3.36. The third kappa shape index (κ3) is 3.14. The molecule has 1 atom stereocenters. The highest BCUT2D eigenvalue weighted by molar-refractivity contribution is 5.73. The van der Waals surface area contributed by atoms with Crippen molar-refractivity contribution in [2.75, 3.05) is 18.4 Å². The minimum atomic E-state index is 0.610. The Kier molecular flexibility index (Phi) is 4.29. The average molecular weight is 373 g/mol. The van der Waals surface area contributed by atoms with E-state index in [1.165, 1.54) is 18.4 Å². The lowest BCUT2D eigenvalue weighted by Gasteiger charge is -2.23. The lowest BCUT2D eigenvalue weighted by atomic mass is 9.92. The van der Waals surface area contributed by atoms with Crippen LogP contribution in [0.25, 0.3) is 16.9 Å². The van der Waals surface area contributed by atoms with Gasteiger partial charge < -0.3 is 10.6 Å². The topological polar surface area (TPSA) is 72.1 Å². The third-order valence-electron chi connectivity index (χ3n) is 5.37. The molecule has 4 aromatic rings. The molecule has 142 valence electrons. The largest absolute Gasteiger partial charge is 0.337 e. The van der Waals surface area contributed by atoms with Crippen molar-refractivity contribution in [2.45, 2.75) is 18.8 Å². The highest BCUT2D eigenvalue weighted by atomic mass is 15.2. The van der Waals surface area contributed by atoms with Gasteiger partial charge in [0.25, 0.3) is 0 Å². The van der Waals surface area contributed by atoms with Crippen LogP contribution in [-0.4, -0.2) is 37.2 Å². The Morgan fingerprint density at radius 1 is 1.14 bits per heavy atom. The van der Waals surface area contributed by atoms with Crippen molar-refractivity contribution in [2.24, 2.45) is 7.05 Å². The van der Waals surface area contributed by atoms with Gasteiger partial charge in [-0.1, -0.05) is 12.1 Å². The number of aromatic nitrogens is 5. The summed E-state index contributed by atoms with van der Waals surface area (Å²) in [4.78, 5) is 9.09. The van der Waals surface area contributed by atoms with Crippen LogP contribution in [0, 0.1) is 0 Å². The van der Waals surface area contributed by atoms with Crippen molar-refractivity contribution in [1.82, 2.24) is 29.5 Å². The molecule has 5 rings (SSSR count). The van der Waals surface area contributed by atoms with Crippen molar-refractivity contribution in [3.05, 3.63) is 60.8 Å². The molecule has 0 aliphatic carbocycles. The van der Waals surface area contributed by atoms with Crippen molar-refractivity contribution in [3.8, 4) is 11.3 Å². The number of hydrogen-bond donors (Lipinski definition) is 2. The van der Waals surface area contributed by atoms with Crippen molar-refractivity contribution in [3.63, 3.8) is 0 Å². The molecule has 0 amide bonds. The standard InChI is InChI=1S/C21H23N7/c1-27-14-17(12-25-27)19-13-24-21-20(23-9-10-28(19)21)26-18-6-4-15(5-7-18)16-3-2-8-22-11-16/h4-7,9-10,12-14,16,22H,2-3,8,11H2,1H3,(H,23,26). The van der Waals surface area contributed by atoms with E-state index in [2.05, 4.69) is 50.0 Å². The van der Waals surface area contributed by atoms with Gasteiger partial charge in [-0.25, -0.2) is 9.97 Å². The van der Waals surface area contributed by atoms with E-state index in [9.17, 15) is 0 Å². The first-order chi connectivity index (χ1) is 13.8. The molecular weight excluding hydrogens is 350 g/mol. The van der Waals surface area contributed by atoms with Gasteiger partial charge in [0.2, 0.25) is 0 Å². The minimum absolute atomic E-state index is 0.610. The Balaban J connectivity index is 1.41. The predicted molar refractivity (Wildman–Crippen MR) is 110 cm³/mol. The molecule has 1 saturated heterocycles. The maximum atomic E-state index is 4.58. The van der Waals surface area contributed by atoms with Crippen LogP contribution in [-0.2, 0) is 7.05 Å². The summed E-state index contributed by atoms with van der Waals surface area (Å²) in [6.45, 7) is 2.20. The van der Waals surface area contributed by atoms with Crippen LogP contribution in [0.3, 0.4) is 0 Å². The van der Waals surface area contributed by atoms with Crippen molar-refractivity contribution >= 4 is 17.2 Å². The van der Waals surface area contributed by atoms with E-state index in [4.69, 9.17) is 0 Å². The molecule has 0 radical (unpaired) electrons. The SMILES string of the molecule is Cn1cc(-c2cnc3c(Nc4ccc(C5CCCNC5)cc4)nccn23)cn1. The number of fused-ring (bicyclic) bond motifs is 1. The van der Waals surface area contributed by atoms with E-state index in [1.807, 2.05) is 36.2 Å². The fourth-order valence-electron chi connectivity index (χ4n) is 3.89. The summed E-state index contributed by atoms with van der Waals surface area (Å²) in [6, 6.07) is 8.68. The summed E-state index contributed by atoms with van der Waals surface area (Å²) in [5, 5.41) is 11.2. The molecule has 4 heterocycles. The van der Waals surface area contributed by atoms with Gasteiger partial charge in [-0.2, -0.15) is 5.10 Å². The summed E-state index contributed by atoms with van der Waals surface area (Å²) < 4.78 is 3.83. The van der Waals surface area contributed by atoms with Crippen LogP contribution in [0.1, 0.15) is 24.3 Å². The van der Waals surface area contributed by atoms with Crippen LogP contribution < -0.4 is 10.6 Å². The van der Waals surface area contributed by atoms with Crippen LogP contribution >= 0.6 is 0 Å². The third-order valence-corrected chi connectivity index (χ3v) is 5.37.